The van der Waals surface area contributed by atoms with Gasteiger partial charge in [-0.1, -0.05) is 0 Å². The standard InChI is InChI=1S/C2H5O.Sb.2H/c1-2-3;;;/h2H2,1H3;;;/q-1;+1;;. The third kappa shape index (κ3) is 2.78. The van der Waals surface area contributed by atoms with Gasteiger partial charge in [0.05, 0.1) is 0 Å². The normalized spacial score (nSPS) is 7.50. The first kappa shape index (κ1) is 4.78. The molecule has 0 aromatic heterocycles. The third-order valence-corrected chi connectivity index (χ3v) is 1.12. The van der Waals surface area contributed by atoms with Crippen molar-refractivity contribution in [2.24, 2.45) is 0 Å². The summed E-state index contributed by atoms with van der Waals surface area (Å²) in [5.74, 6) is 0. The van der Waals surface area contributed by atoms with E-state index in [9.17, 15) is 0 Å². The molecule has 0 aliphatic rings. The van der Waals surface area contributed by atoms with E-state index >= 15 is 0 Å². The molecule has 0 amide bonds. The molecule has 0 aromatic rings. The van der Waals surface area contributed by atoms with E-state index in [-0.39, 0.29) is 0 Å². The first-order valence-electron chi connectivity index (χ1n) is 1.23. The molecule has 0 bridgehead atoms. The zero-order valence-corrected chi connectivity index (χ0v) is 5.99. The summed E-state index contributed by atoms with van der Waals surface area (Å²) in [5.41, 5.74) is 0. The summed E-state index contributed by atoms with van der Waals surface area (Å²) >= 11 is 0.940. The van der Waals surface area contributed by atoms with Crippen LogP contribution in [0.3, 0.4) is 0 Å². The Balaban J connectivity index is 1.97. The van der Waals surface area contributed by atoms with E-state index in [4.69, 9.17) is 0 Å². The number of hydrogen-bond acceptors (Lipinski definition) is 1. The van der Waals surface area contributed by atoms with Crippen molar-refractivity contribution in [2.75, 3.05) is 6.61 Å². The van der Waals surface area contributed by atoms with Crippen molar-refractivity contribution in [1.82, 2.24) is 0 Å². The van der Waals surface area contributed by atoms with Crippen molar-refractivity contribution >= 4 is 23.4 Å². The maximum atomic E-state index is 4.67. The maximum absolute atomic E-state index is 4.67. The third-order valence-electron chi connectivity index (χ3n) is 0.167. The van der Waals surface area contributed by atoms with E-state index in [0.29, 0.717) is 0 Å². The van der Waals surface area contributed by atoms with E-state index in [1.54, 1.807) is 0 Å². The van der Waals surface area contributed by atoms with E-state index in [1.807, 2.05) is 6.92 Å². The van der Waals surface area contributed by atoms with Gasteiger partial charge in [0.25, 0.3) is 0 Å². The summed E-state index contributed by atoms with van der Waals surface area (Å²) in [4.78, 5) is 0. The molecule has 26 valence electrons. The summed E-state index contributed by atoms with van der Waals surface area (Å²) in [6, 6.07) is 0. The summed E-state index contributed by atoms with van der Waals surface area (Å²) < 4.78 is 4.67. The Hall–Kier alpha value is 0.778. The molecule has 0 atom stereocenters. The molecule has 0 fully saturated rings. The molecule has 0 N–H and O–H groups in total. The van der Waals surface area contributed by atoms with Crippen LogP contribution in [0.15, 0.2) is 0 Å². The number of rotatable bonds is 1. The summed E-state index contributed by atoms with van der Waals surface area (Å²) in [6.45, 7) is 2.87. The van der Waals surface area contributed by atoms with Crippen molar-refractivity contribution in [2.45, 2.75) is 6.92 Å². The quantitative estimate of drug-likeness (QED) is 0.484. The van der Waals surface area contributed by atoms with E-state index < -0.39 is 0 Å². The molecular formula is C2H7OSb. The minimum atomic E-state index is 0.877. The molecule has 0 radical (unpaired) electrons. The first-order chi connectivity index (χ1) is 1.91. The van der Waals surface area contributed by atoms with E-state index in [0.717, 1.165) is 30.0 Å². The van der Waals surface area contributed by atoms with Gasteiger partial charge in [0.1, 0.15) is 0 Å². The Morgan fingerprint density at radius 1 is 2.00 bits per heavy atom. The molecule has 0 aromatic carbocycles. The van der Waals surface area contributed by atoms with Gasteiger partial charge in [-0.05, 0) is 0 Å². The van der Waals surface area contributed by atoms with Crippen LogP contribution >= 0.6 is 0 Å². The second-order valence-electron chi connectivity index (χ2n) is 0.455. The summed E-state index contributed by atoms with van der Waals surface area (Å²) in [7, 11) is 0. The SMILES string of the molecule is CC[O][SbH2]. The Morgan fingerprint density at radius 3 is 2.25 bits per heavy atom. The Labute approximate surface area is 40.4 Å². The van der Waals surface area contributed by atoms with E-state index in [2.05, 4.69) is 3.02 Å². The Kier molecular flexibility index (Phi) is 4.51. The topological polar surface area (TPSA) is 9.23 Å². The average molecular weight is 169 g/mol. The van der Waals surface area contributed by atoms with Gasteiger partial charge in [0, 0.05) is 0 Å². The fraction of sp³-hybridized carbons (Fsp3) is 1.00. The van der Waals surface area contributed by atoms with Crippen LogP contribution in [0.5, 0.6) is 0 Å². The van der Waals surface area contributed by atoms with Gasteiger partial charge < -0.3 is 0 Å². The predicted molar refractivity (Wildman–Crippen MR) is 20.2 cm³/mol. The fourth-order valence-corrected chi connectivity index (χ4v) is 0. The molecular weight excluding hydrogens is 162 g/mol. The van der Waals surface area contributed by atoms with Gasteiger partial charge in [-0.2, -0.15) is 0 Å². The minimum absolute atomic E-state index is 0.877. The molecule has 0 saturated carbocycles. The zero-order valence-electron chi connectivity index (χ0n) is 2.69. The van der Waals surface area contributed by atoms with Crippen LogP contribution in [-0.2, 0) is 3.02 Å². The van der Waals surface area contributed by atoms with E-state index in [1.165, 1.54) is 0 Å². The van der Waals surface area contributed by atoms with Gasteiger partial charge in [0.2, 0.25) is 0 Å². The molecule has 0 heterocycles. The second-order valence-corrected chi connectivity index (χ2v) is 1.41. The first-order valence-corrected chi connectivity index (χ1v) is 2.58. The predicted octanol–water partition coefficient (Wildman–Crippen LogP) is -0.429. The molecule has 0 rings (SSSR count). The Bertz CT molecular complexity index is 8.00. The summed E-state index contributed by atoms with van der Waals surface area (Å²) in [6.07, 6.45) is 0. The molecule has 0 spiro atoms. The van der Waals surface area contributed by atoms with Gasteiger partial charge in [0.15, 0.2) is 0 Å². The average Bonchev–Trinajstić information content (AvgIpc) is 1.37. The van der Waals surface area contributed by atoms with Crippen LogP contribution in [0.1, 0.15) is 6.92 Å². The van der Waals surface area contributed by atoms with Crippen LogP contribution in [0.25, 0.3) is 0 Å². The molecule has 0 saturated heterocycles. The van der Waals surface area contributed by atoms with Crippen molar-refractivity contribution in [1.29, 1.82) is 0 Å². The number of hydrogen-bond donors (Lipinski definition) is 0. The van der Waals surface area contributed by atoms with Crippen LogP contribution in [0, 0.1) is 0 Å². The van der Waals surface area contributed by atoms with Gasteiger partial charge in [-0.15, -0.1) is 0 Å². The van der Waals surface area contributed by atoms with Crippen molar-refractivity contribution < 1.29 is 3.02 Å². The second kappa shape index (κ2) is 3.78. The molecule has 2 heteroatoms. The van der Waals surface area contributed by atoms with Gasteiger partial charge in [-0.25, -0.2) is 0 Å². The molecule has 0 unspecified atom stereocenters. The van der Waals surface area contributed by atoms with Crippen LogP contribution in [-0.4, -0.2) is 30.0 Å². The van der Waals surface area contributed by atoms with Crippen molar-refractivity contribution in [3.05, 3.63) is 0 Å². The van der Waals surface area contributed by atoms with Crippen molar-refractivity contribution in [3.8, 4) is 0 Å². The zero-order chi connectivity index (χ0) is 3.41. The fourth-order valence-electron chi connectivity index (χ4n) is 0. The van der Waals surface area contributed by atoms with Crippen molar-refractivity contribution in [3.63, 3.8) is 0 Å². The van der Waals surface area contributed by atoms with Crippen LogP contribution in [0.4, 0.5) is 0 Å². The van der Waals surface area contributed by atoms with Crippen LogP contribution < -0.4 is 0 Å². The summed E-state index contributed by atoms with van der Waals surface area (Å²) in [5, 5.41) is 0. The van der Waals surface area contributed by atoms with Gasteiger partial charge in [-0.3, -0.25) is 0 Å². The van der Waals surface area contributed by atoms with Crippen LogP contribution in [0.2, 0.25) is 0 Å². The monoisotopic (exact) mass is 168 g/mol. The Morgan fingerprint density at radius 2 is 2.25 bits per heavy atom. The van der Waals surface area contributed by atoms with Gasteiger partial charge >= 0.3 is 40.0 Å². The molecule has 1 nitrogen and oxygen atoms in total. The molecule has 0 aliphatic heterocycles. The molecule has 4 heavy (non-hydrogen) atoms. The molecule has 0 aliphatic carbocycles.